The Balaban J connectivity index is 1.59. The van der Waals surface area contributed by atoms with E-state index in [1.54, 1.807) is 24.4 Å². The summed E-state index contributed by atoms with van der Waals surface area (Å²) in [7, 11) is 0. The molecule has 0 aliphatic heterocycles. The molecule has 0 atom stereocenters. The number of rotatable bonds is 5. The van der Waals surface area contributed by atoms with Crippen molar-refractivity contribution in [3.63, 3.8) is 0 Å². The number of benzene rings is 4. The molecule has 0 fully saturated rings. The second-order valence-corrected chi connectivity index (χ2v) is 6.72. The molecule has 0 unspecified atom stereocenters. The maximum absolute atomic E-state index is 10.2. The zero-order valence-corrected chi connectivity index (χ0v) is 16.2. The summed E-state index contributed by atoms with van der Waals surface area (Å²) in [5, 5.41) is 21.0. The van der Waals surface area contributed by atoms with Gasteiger partial charge in [0.05, 0.1) is 17.1 Å². The number of hydrogen-bond donors (Lipinski definition) is 1. The minimum absolute atomic E-state index is 0.153. The van der Waals surface area contributed by atoms with Crippen molar-refractivity contribution in [2.24, 2.45) is 15.2 Å². The number of aliphatic imine (C=N–C) groups is 1. The number of hydrogen-bond acceptors (Lipinski definition) is 4. The van der Waals surface area contributed by atoms with Crippen LogP contribution in [0.25, 0.3) is 10.8 Å². The van der Waals surface area contributed by atoms with Gasteiger partial charge in [0.25, 0.3) is 0 Å². The van der Waals surface area contributed by atoms with Crippen LogP contribution in [0.1, 0.15) is 18.1 Å². The van der Waals surface area contributed by atoms with Crippen LogP contribution in [0.5, 0.6) is 5.75 Å². The van der Waals surface area contributed by atoms with Gasteiger partial charge in [-0.25, -0.2) is 0 Å². The quantitative estimate of drug-likeness (QED) is 0.287. The van der Waals surface area contributed by atoms with E-state index in [0.717, 1.165) is 28.6 Å². The van der Waals surface area contributed by atoms with E-state index in [1.807, 2.05) is 54.6 Å². The fraction of sp³-hybridized carbons (Fsp3) is 0.0800. The number of phenolic OH excluding ortho intramolecular Hbond substituents is 1. The molecule has 0 saturated heterocycles. The fourth-order valence-electron chi connectivity index (χ4n) is 3.08. The molecule has 0 spiro atoms. The summed E-state index contributed by atoms with van der Waals surface area (Å²) in [5.41, 5.74) is 4.16. The smallest absolute Gasteiger partial charge is 0.124 e. The summed E-state index contributed by atoms with van der Waals surface area (Å²) in [6.45, 7) is 2.12. The molecule has 4 aromatic carbocycles. The lowest BCUT2D eigenvalue weighted by molar-refractivity contribution is 0.474. The Morgan fingerprint density at radius 1 is 0.793 bits per heavy atom. The van der Waals surface area contributed by atoms with E-state index in [1.165, 1.54) is 5.56 Å². The second kappa shape index (κ2) is 8.48. The van der Waals surface area contributed by atoms with Gasteiger partial charge in [-0.2, -0.15) is 10.2 Å². The molecule has 0 aromatic heterocycles. The molecule has 0 heterocycles. The van der Waals surface area contributed by atoms with E-state index in [-0.39, 0.29) is 5.75 Å². The fourth-order valence-corrected chi connectivity index (χ4v) is 3.08. The third-order valence-corrected chi connectivity index (χ3v) is 4.75. The average Bonchev–Trinajstić information content (AvgIpc) is 2.78. The van der Waals surface area contributed by atoms with Crippen LogP contribution in [0.4, 0.5) is 17.1 Å². The number of nitrogens with zero attached hydrogens (tertiary/aromatic N) is 3. The molecule has 0 amide bonds. The lowest BCUT2D eigenvalue weighted by Crippen LogP contribution is -1.82. The summed E-state index contributed by atoms with van der Waals surface area (Å²) < 4.78 is 0. The van der Waals surface area contributed by atoms with E-state index in [9.17, 15) is 5.11 Å². The summed E-state index contributed by atoms with van der Waals surface area (Å²) in [6, 6.07) is 27.2. The molecule has 1 N–H and O–H groups in total. The normalized spacial score (nSPS) is 11.6. The van der Waals surface area contributed by atoms with Crippen molar-refractivity contribution in [3.8, 4) is 5.75 Å². The van der Waals surface area contributed by atoms with Crippen LogP contribution in [-0.2, 0) is 6.42 Å². The Bertz CT molecular complexity index is 1190. The first-order valence-corrected chi connectivity index (χ1v) is 9.58. The van der Waals surface area contributed by atoms with Gasteiger partial charge >= 0.3 is 0 Å². The lowest BCUT2D eigenvalue weighted by atomic mass is 10.1. The van der Waals surface area contributed by atoms with E-state index >= 15 is 0 Å². The summed E-state index contributed by atoms with van der Waals surface area (Å²) in [5.74, 6) is 0.153. The van der Waals surface area contributed by atoms with Crippen LogP contribution in [0, 0.1) is 0 Å². The topological polar surface area (TPSA) is 57.3 Å². The molecular weight excluding hydrogens is 358 g/mol. The molecule has 4 heteroatoms. The Hall–Kier alpha value is -3.79. The molecule has 4 aromatic rings. The van der Waals surface area contributed by atoms with Crippen molar-refractivity contribution in [3.05, 3.63) is 96.1 Å². The van der Waals surface area contributed by atoms with E-state index in [2.05, 4.69) is 34.3 Å². The van der Waals surface area contributed by atoms with Gasteiger partial charge in [-0.05, 0) is 53.8 Å². The standard InChI is InChI=1S/C25H21N3O/c1-2-18-10-12-21(13-11-18)27-28-22-14-15-25(29)20(16-22)17-26-24-9-5-7-19-6-3-4-8-23(19)24/h3-17,29H,2H2,1H3. The zero-order valence-electron chi connectivity index (χ0n) is 16.2. The van der Waals surface area contributed by atoms with Crippen LogP contribution in [0.2, 0.25) is 0 Å². The summed E-state index contributed by atoms with van der Waals surface area (Å²) in [4.78, 5) is 4.59. The number of aryl methyl sites for hydroxylation is 1. The molecule has 142 valence electrons. The highest BCUT2D eigenvalue weighted by molar-refractivity contribution is 5.96. The maximum atomic E-state index is 10.2. The molecule has 0 aliphatic rings. The highest BCUT2D eigenvalue weighted by atomic mass is 16.3. The molecule has 4 nitrogen and oxygen atoms in total. The van der Waals surface area contributed by atoms with Crippen LogP contribution >= 0.6 is 0 Å². The molecule has 0 saturated carbocycles. The summed E-state index contributed by atoms with van der Waals surface area (Å²) in [6.07, 6.45) is 2.65. The molecule has 0 radical (unpaired) electrons. The maximum Gasteiger partial charge on any atom is 0.124 e. The molecule has 0 aliphatic carbocycles. The Labute approximate surface area is 169 Å². The van der Waals surface area contributed by atoms with E-state index < -0.39 is 0 Å². The molecule has 0 bridgehead atoms. The zero-order chi connectivity index (χ0) is 20.1. The van der Waals surface area contributed by atoms with Crippen LogP contribution in [-0.4, -0.2) is 11.3 Å². The van der Waals surface area contributed by atoms with Gasteiger partial charge in [-0.15, -0.1) is 0 Å². The second-order valence-electron chi connectivity index (χ2n) is 6.72. The first-order valence-electron chi connectivity index (χ1n) is 9.58. The van der Waals surface area contributed by atoms with Gasteiger partial charge in [0.15, 0.2) is 0 Å². The van der Waals surface area contributed by atoms with Crippen molar-refractivity contribution in [2.45, 2.75) is 13.3 Å². The third kappa shape index (κ3) is 4.38. The van der Waals surface area contributed by atoms with Gasteiger partial charge in [0.1, 0.15) is 5.75 Å². The van der Waals surface area contributed by atoms with Gasteiger partial charge in [0.2, 0.25) is 0 Å². The third-order valence-electron chi connectivity index (χ3n) is 4.75. The minimum Gasteiger partial charge on any atom is -0.507 e. The first kappa shape index (κ1) is 18.6. The predicted molar refractivity (Wildman–Crippen MR) is 119 cm³/mol. The number of aromatic hydroxyl groups is 1. The van der Waals surface area contributed by atoms with Crippen LogP contribution < -0.4 is 0 Å². The molecular formula is C25H21N3O. The van der Waals surface area contributed by atoms with E-state index in [0.29, 0.717) is 11.3 Å². The van der Waals surface area contributed by atoms with Crippen molar-refractivity contribution in [2.75, 3.05) is 0 Å². The Kier molecular flexibility index (Phi) is 5.43. The first-order chi connectivity index (χ1) is 14.2. The van der Waals surface area contributed by atoms with Gasteiger partial charge < -0.3 is 5.11 Å². The van der Waals surface area contributed by atoms with Crippen LogP contribution in [0.3, 0.4) is 0 Å². The average molecular weight is 379 g/mol. The van der Waals surface area contributed by atoms with Gasteiger partial charge in [-0.1, -0.05) is 55.5 Å². The van der Waals surface area contributed by atoms with Crippen molar-refractivity contribution in [1.82, 2.24) is 0 Å². The minimum atomic E-state index is 0.153. The van der Waals surface area contributed by atoms with Gasteiger partial charge in [-0.3, -0.25) is 4.99 Å². The monoisotopic (exact) mass is 379 g/mol. The van der Waals surface area contributed by atoms with Crippen LogP contribution in [0.15, 0.2) is 100 Å². The Morgan fingerprint density at radius 2 is 1.52 bits per heavy atom. The number of phenols is 1. The van der Waals surface area contributed by atoms with E-state index in [4.69, 9.17) is 0 Å². The SMILES string of the molecule is CCc1ccc(N=Nc2ccc(O)c(C=Nc3cccc4ccccc34)c2)cc1. The number of fused-ring (bicyclic) bond motifs is 1. The van der Waals surface area contributed by atoms with Gasteiger partial charge in [0, 0.05) is 17.2 Å². The highest BCUT2D eigenvalue weighted by Gasteiger charge is 2.02. The van der Waals surface area contributed by atoms with Crippen molar-refractivity contribution in [1.29, 1.82) is 0 Å². The Morgan fingerprint density at radius 3 is 2.34 bits per heavy atom. The highest BCUT2D eigenvalue weighted by Crippen LogP contribution is 2.28. The van der Waals surface area contributed by atoms with Crippen molar-refractivity contribution >= 4 is 34.0 Å². The molecule has 4 rings (SSSR count). The predicted octanol–water partition coefficient (Wildman–Crippen LogP) is 7.27. The molecule has 29 heavy (non-hydrogen) atoms. The number of azo groups is 1. The lowest BCUT2D eigenvalue weighted by Gasteiger charge is -2.03. The largest absolute Gasteiger partial charge is 0.507 e. The summed E-state index contributed by atoms with van der Waals surface area (Å²) >= 11 is 0. The van der Waals surface area contributed by atoms with Crippen molar-refractivity contribution < 1.29 is 5.11 Å².